The molecule has 126 valence electrons. The normalized spacial score (nSPS) is 19.6. The van der Waals surface area contributed by atoms with Crippen molar-refractivity contribution < 1.29 is 23.8 Å². The molecular weight excluding hydrogens is 310 g/mol. The molecule has 6 heteroatoms. The zero-order chi connectivity index (χ0) is 17.3. The van der Waals surface area contributed by atoms with Crippen LogP contribution in [0, 0.1) is 0 Å². The van der Waals surface area contributed by atoms with Crippen LogP contribution in [0.4, 0.5) is 0 Å². The first-order valence-corrected chi connectivity index (χ1v) is 7.76. The van der Waals surface area contributed by atoms with E-state index in [1.54, 1.807) is 27.0 Å². The molecule has 0 aromatic heterocycles. The van der Waals surface area contributed by atoms with Gasteiger partial charge in [0, 0.05) is 11.3 Å². The van der Waals surface area contributed by atoms with Gasteiger partial charge in [-0.3, -0.25) is 0 Å². The third-order valence-electron chi connectivity index (χ3n) is 4.16. The summed E-state index contributed by atoms with van der Waals surface area (Å²) >= 11 is 0. The average molecular weight is 329 g/mol. The van der Waals surface area contributed by atoms with Crippen molar-refractivity contribution in [3.63, 3.8) is 0 Å². The zero-order valence-corrected chi connectivity index (χ0v) is 13.8. The van der Waals surface area contributed by atoms with Crippen LogP contribution < -0.4 is 10.1 Å². The Morgan fingerprint density at radius 3 is 2.83 bits per heavy atom. The molecule has 0 saturated carbocycles. The van der Waals surface area contributed by atoms with E-state index in [0.717, 1.165) is 5.56 Å². The van der Waals surface area contributed by atoms with E-state index in [1.807, 2.05) is 18.2 Å². The average Bonchev–Trinajstić information content (AvgIpc) is 2.94. The molecule has 1 aromatic carbocycles. The number of nitrogens with one attached hydrogen (secondary N) is 1. The molecule has 0 aliphatic carbocycles. The topological polar surface area (TPSA) is 73.9 Å². The number of dihydropyridines is 1. The van der Waals surface area contributed by atoms with E-state index in [4.69, 9.17) is 14.2 Å². The summed E-state index contributed by atoms with van der Waals surface area (Å²) < 4.78 is 15.8. The number of methoxy groups -OCH3 is 1. The molecule has 1 atom stereocenters. The molecule has 3 rings (SSSR count). The van der Waals surface area contributed by atoms with Gasteiger partial charge in [0.15, 0.2) is 0 Å². The monoisotopic (exact) mass is 329 g/mol. The fraction of sp³-hybridized carbons (Fsp3) is 0.333. The van der Waals surface area contributed by atoms with Gasteiger partial charge >= 0.3 is 11.9 Å². The number of cyclic esters (lactones) is 1. The summed E-state index contributed by atoms with van der Waals surface area (Å²) in [6.07, 6.45) is 0. The Labute approximate surface area is 140 Å². The maximum absolute atomic E-state index is 12.6. The fourth-order valence-electron chi connectivity index (χ4n) is 3.16. The molecule has 6 nitrogen and oxygen atoms in total. The number of carbonyl (C=O) groups is 2. The summed E-state index contributed by atoms with van der Waals surface area (Å²) in [6, 6.07) is 7.33. The molecule has 1 N–H and O–H groups in total. The quantitative estimate of drug-likeness (QED) is 0.852. The summed E-state index contributed by atoms with van der Waals surface area (Å²) in [5.74, 6) is -0.857. The van der Waals surface area contributed by atoms with Crippen molar-refractivity contribution in [1.29, 1.82) is 0 Å². The van der Waals surface area contributed by atoms with Gasteiger partial charge in [0.25, 0.3) is 0 Å². The van der Waals surface area contributed by atoms with E-state index >= 15 is 0 Å². The highest BCUT2D eigenvalue weighted by atomic mass is 16.5. The summed E-state index contributed by atoms with van der Waals surface area (Å²) in [5, 5.41) is 3.11. The summed E-state index contributed by atoms with van der Waals surface area (Å²) in [4.78, 5) is 24.8. The van der Waals surface area contributed by atoms with E-state index in [2.05, 4.69) is 5.32 Å². The van der Waals surface area contributed by atoms with E-state index in [1.165, 1.54) is 0 Å². The SMILES string of the molecule is CCOC(=O)C1=C(C)NC2=C(C(=O)OC2)C1c1ccccc1OC. The van der Waals surface area contributed by atoms with Gasteiger partial charge in [-0.05, 0) is 19.9 Å². The van der Waals surface area contributed by atoms with E-state index in [-0.39, 0.29) is 13.2 Å². The summed E-state index contributed by atoms with van der Waals surface area (Å²) in [7, 11) is 1.56. The Morgan fingerprint density at radius 2 is 2.12 bits per heavy atom. The Hall–Kier alpha value is -2.76. The summed E-state index contributed by atoms with van der Waals surface area (Å²) in [6.45, 7) is 3.97. The Kier molecular flexibility index (Phi) is 4.29. The molecule has 0 amide bonds. The van der Waals surface area contributed by atoms with Gasteiger partial charge in [-0.25, -0.2) is 9.59 Å². The van der Waals surface area contributed by atoms with Crippen LogP contribution in [0.1, 0.15) is 25.3 Å². The highest BCUT2D eigenvalue weighted by Gasteiger charge is 2.42. The third kappa shape index (κ3) is 2.54. The van der Waals surface area contributed by atoms with Crippen molar-refractivity contribution in [2.75, 3.05) is 20.3 Å². The first-order chi connectivity index (χ1) is 11.6. The number of rotatable bonds is 4. The standard InChI is InChI=1S/C18H19NO5/c1-4-23-17(20)14-10(2)19-12-9-24-18(21)16(12)15(14)11-7-5-6-8-13(11)22-3/h5-8,15,19H,4,9H2,1-3H3. The number of para-hydroxylation sites is 1. The summed E-state index contributed by atoms with van der Waals surface area (Å²) in [5.41, 5.74) is 2.91. The number of benzene rings is 1. The van der Waals surface area contributed by atoms with Crippen LogP contribution >= 0.6 is 0 Å². The van der Waals surface area contributed by atoms with Crippen LogP contribution in [0.2, 0.25) is 0 Å². The minimum absolute atomic E-state index is 0.174. The minimum atomic E-state index is -0.577. The van der Waals surface area contributed by atoms with Crippen LogP contribution in [0.25, 0.3) is 0 Å². The van der Waals surface area contributed by atoms with E-state index in [0.29, 0.717) is 28.3 Å². The molecule has 0 fully saturated rings. The number of hydrogen-bond acceptors (Lipinski definition) is 6. The van der Waals surface area contributed by atoms with Crippen LogP contribution in [-0.2, 0) is 19.1 Å². The predicted octanol–water partition coefficient (Wildman–Crippen LogP) is 2.03. The molecule has 0 spiro atoms. The van der Waals surface area contributed by atoms with Crippen molar-refractivity contribution in [3.05, 3.63) is 52.4 Å². The number of hydrogen-bond donors (Lipinski definition) is 1. The van der Waals surface area contributed by atoms with Gasteiger partial charge in [0.05, 0.1) is 36.5 Å². The van der Waals surface area contributed by atoms with Gasteiger partial charge in [-0.15, -0.1) is 0 Å². The van der Waals surface area contributed by atoms with Crippen molar-refractivity contribution in [2.24, 2.45) is 0 Å². The second kappa shape index (κ2) is 6.39. The number of carbonyl (C=O) groups excluding carboxylic acids is 2. The molecule has 24 heavy (non-hydrogen) atoms. The molecule has 2 heterocycles. The largest absolute Gasteiger partial charge is 0.496 e. The lowest BCUT2D eigenvalue weighted by Crippen LogP contribution is -2.30. The van der Waals surface area contributed by atoms with Gasteiger partial charge in [-0.2, -0.15) is 0 Å². The van der Waals surface area contributed by atoms with Crippen LogP contribution in [-0.4, -0.2) is 32.3 Å². The molecule has 1 unspecified atom stereocenters. The molecule has 2 aliphatic heterocycles. The molecule has 2 aliphatic rings. The van der Waals surface area contributed by atoms with Gasteiger partial charge in [0.1, 0.15) is 12.4 Å². The first kappa shape index (κ1) is 16.1. The van der Waals surface area contributed by atoms with Crippen molar-refractivity contribution in [1.82, 2.24) is 5.32 Å². The van der Waals surface area contributed by atoms with Crippen LogP contribution in [0.15, 0.2) is 46.8 Å². The number of allylic oxidation sites excluding steroid dienone is 1. The van der Waals surface area contributed by atoms with Crippen LogP contribution in [0.5, 0.6) is 5.75 Å². The van der Waals surface area contributed by atoms with Gasteiger partial charge in [-0.1, -0.05) is 18.2 Å². The maximum atomic E-state index is 12.6. The van der Waals surface area contributed by atoms with Gasteiger partial charge in [0.2, 0.25) is 0 Å². The lowest BCUT2D eigenvalue weighted by molar-refractivity contribution is -0.138. The van der Waals surface area contributed by atoms with Crippen LogP contribution in [0.3, 0.4) is 0 Å². The molecule has 0 saturated heterocycles. The molecule has 0 radical (unpaired) electrons. The number of ether oxygens (including phenoxy) is 3. The highest BCUT2D eigenvalue weighted by Crippen LogP contribution is 2.44. The van der Waals surface area contributed by atoms with Crippen molar-refractivity contribution >= 4 is 11.9 Å². The Bertz CT molecular complexity index is 762. The fourth-order valence-corrected chi connectivity index (χ4v) is 3.16. The van der Waals surface area contributed by atoms with E-state index in [9.17, 15) is 9.59 Å². The van der Waals surface area contributed by atoms with Crippen molar-refractivity contribution in [2.45, 2.75) is 19.8 Å². The molecule has 1 aromatic rings. The lowest BCUT2D eigenvalue weighted by atomic mass is 9.80. The minimum Gasteiger partial charge on any atom is -0.496 e. The molecule has 0 bridgehead atoms. The maximum Gasteiger partial charge on any atom is 0.337 e. The third-order valence-corrected chi connectivity index (χ3v) is 4.16. The zero-order valence-electron chi connectivity index (χ0n) is 13.8. The first-order valence-electron chi connectivity index (χ1n) is 7.76. The second-order valence-corrected chi connectivity index (χ2v) is 5.53. The van der Waals surface area contributed by atoms with Crippen molar-refractivity contribution in [3.8, 4) is 5.75 Å². The Morgan fingerprint density at radius 1 is 1.38 bits per heavy atom. The predicted molar refractivity (Wildman–Crippen MR) is 86.2 cm³/mol. The highest BCUT2D eigenvalue weighted by molar-refractivity contribution is 6.01. The smallest absolute Gasteiger partial charge is 0.337 e. The van der Waals surface area contributed by atoms with E-state index < -0.39 is 17.9 Å². The lowest BCUT2D eigenvalue weighted by Gasteiger charge is -2.28. The Balaban J connectivity index is 2.19. The molecular formula is C18H19NO5. The number of esters is 2. The second-order valence-electron chi connectivity index (χ2n) is 5.53. The van der Waals surface area contributed by atoms with Gasteiger partial charge < -0.3 is 19.5 Å².